The predicted octanol–water partition coefficient (Wildman–Crippen LogP) is 5.55. The molecule has 0 aliphatic rings. The van der Waals surface area contributed by atoms with Crippen LogP contribution in [-0.4, -0.2) is 16.0 Å². The van der Waals surface area contributed by atoms with Crippen LogP contribution in [0, 0.1) is 6.92 Å². The zero-order valence-electron chi connectivity index (χ0n) is 15.7. The number of pyridine rings is 1. The van der Waals surface area contributed by atoms with E-state index in [1.165, 1.54) is 0 Å². The first-order valence-corrected chi connectivity index (χ1v) is 9.50. The number of rotatable bonds is 5. The molecule has 0 bridgehead atoms. The summed E-state index contributed by atoms with van der Waals surface area (Å²) in [6, 6.07) is 18.9. The van der Waals surface area contributed by atoms with Crippen LogP contribution in [0.1, 0.15) is 11.1 Å². The van der Waals surface area contributed by atoms with Crippen molar-refractivity contribution in [2.45, 2.75) is 13.3 Å². The number of hydrogen-bond acceptors (Lipinski definition) is 4. The van der Waals surface area contributed by atoms with E-state index in [2.05, 4.69) is 15.5 Å². The Labute approximate surface area is 173 Å². The van der Waals surface area contributed by atoms with Gasteiger partial charge in [0.15, 0.2) is 0 Å². The van der Waals surface area contributed by atoms with Crippen LogP contribution < -0.4 is 5.32 Å². The molecule has 0 saturated carbocycles. The minimum Gasteiger partial charge on any atom is -0.337 e. The molecule has 2 aromatic carbocycles. The summed E-state index contributed by atoms with van der Waals surface area (Å²) < 4.78 is 5.55. The summed E-state index contributed by atoms with van der Waals surface area (Å²) >= 11 is 6.17. The zero-order chi connectivity index (χ0) is 20.2. The summed E-state index contributed by atoms with van der Waals surface area (Å²) in [6.07, 6.45) is 3.52. The second-order valence-corrected chi connectivity index (χ2v) is 7.06. The van der Waals surface area contributed by atoms with Crippen molar-refractivity contribution < 1.29 is 9.32 Å². The van der Waals surface area contributed by atoms with E-state index in [1.807, 2.05) is 61.5 Å². The quantitative estimate of drug-likeness (QED) is 0.474. The minimum atomic E-state index is -0.236. The maximum absolute atomic E-state index is 12.6. The van der Waals surface area contributed by atoms with Crippen molar-refractivity contribution in [3.05, 3.63) is 89.2 Å². The highest BCUT2D eigenvalue weighted by Crippen LogP contribution is 2.37. The average Bonchev–Trinajstić information content (AvgIpc) is 3.14. The first kappa shape index (κ1) is 18.9. The largest absolute Gasteiger partial charge is 0.337 e. The molecule has 0 aliphatic carbocycles. The fourth-order valence-electron chi connectivity index (χ4n) is 3.14. The predicted molar refractivity (Wildman–Crippen MR) is 114 cm³/mol. The number of halogens is 1. The molecule has 29 heavy (non-hydrogen) atoms. The number of benzene rings is 2. The SMILES string of the molecule is Cc1cccc(-c2noc(NC(=O)Cc3ccccc3Cl)c2-c2ccncc2)c1. The van der Waals surface area contributed by atoms with Gasteiger partial charge in [-0.15, -0.1) is 0 Å². The number of anilines is 1. The van der Waals surface area contributed by atoms with Gasteiger partial charge < -0.3 is 4.52 Å². The molecule has 0 spiro atoms. The molecule has 0 unspecified atom stereocenters. The molecule has 1 amide bonds. The zero-order valence-corrected chi connectivity index (χ0v) is 16.5. The van der Waals surface area contributed by atoms with Crippen LogP contribution in [0.2, 0.25) is 5.02 Å². The molecular formula is C23H18ClN3O2. The average molecular weight is 404 g/mol. The summed E-state index contributed by atoms with van der Waals surface area (Å²) in [5.41, 5.74) is 4.99. The summed E-state index contributed by atoms with van der Waals surface area (Å²) in [6.45, 7) is 2.02. The maximum atomic E-state index is 12.6. The second-order valence-electron chi connectivity index (χ2n) is 6.66. The van der Waals surface area contributed by atoms with Gasteiger partial charge in [0, 0.05) is 23.0 Å². The normalized spacial score (nSPS) is 10.7. The lowest BCUT2D eigenvalue weighted by atomic mass is 10.0. The topological polar surface area (TPSA) is 68.0 Å². The standard InChI is InChI=1S/C23H18ClN3O2/c1-15-5-4-7-18(13-15)22-21(16-9-11-25-12-10-16)23(29-27-22)26-20(28)14-17-6-2-3-8-19(17)24/h2-13H,14H2,1H3,(H,26,28). The van der Waals surface area contributed by atoms with Gasteiger partial charge in [0.05, 0.1) is 12.0 Å². The van der Waals surface area contributed by atoms with Gasteiger partial charge >= 0.3 is 0 Å². The molecule has 0 aliphatic heterocycles. The highest BCUT2D eigenvalue weighted by atomic mass is 35.5. The summed E-state index contributed by atoms with van der Waals surface area (Å²) in [7, 11) is 0. The molecule has 6 heteroatoms. The van der Waals surface area contributed by atoms with Gasteiger partial charge in [-0.25, -0.2) is 0 Å². The van der Waals surface area contributed by atoms with Crippen LogP contribution >= 0.6 is 11.6 Å². The number of carbonyl (C=O) groups is 1. The Bertz CT molecular complexity index is 1160. The highest BCUT2D eigenvalue weighted by molar-refractivity contribution is 6.31. The van der Waals surface area contributed by atoms with Crippen molar-refractivity contribution in [3.63, 3.8) is 0 Å². The van der Waals surface area contributed by atoms with Crippen molar-refractivity contribution in [2.75, 3.05) is 5.32 Å². The summed E-state index contributed by atoms with van der Waals surface area (Å²) in [5.74, 6) is 0.0603. The molecule has 0 fully saturated rings. The number of nitrogens with one attached hydrogen (secondary N) is 1. The number of aryl methyl sites for hydroxylation is 1. The van der Waals surface area contributed by atoms with Crippen molar-refractivity contribution in [3.8, 4) is 22.4 Å². The molecule has 144 valence electrons. The van der Waals surface area contributed by atoms with Crippen molar-refractivity contribution >= 4 is 23.4 Å². The van der Waals surface area contributed by atoms with Crippen LogP contribution in [0.3, 0.4) is 0 Å². The third-order valence-electron chi connectivity index (χ3n) is 4.51. The minimum absolute atomic E-state index is 0.135. The van der Waals surface area contributed by atoms with E-state index in [4.69, 9.17) is 16.1 Å². The van der Waals surface area contributed by atoms with Crippen molar-refractivity contribution in [1.29, 1.82) is 0 Å². The maximum Gasteiger partial charge on any atom is 0.239 e. The Balaban J connectivity index is 1.70. The first-order chi connectivity index (χ1) is 14.1. The molecule has 1 N–H and O–H groups in total. The van der Waals surface area contributed by atoms with Gasteiger partial charge in [-0.05, 0) is 42.3 Å². The molecule has 0 radical (unpaired) electrons. The van der Waals surface area contributed by atoms with E-state index < -0.39 is 0 Å². The summed E-state index contributed by atoms with van der Waals surface area (Å²) in [4.78, 5) is 16.7. The Morgan fingerprint density at radius 3 is 2.59 bits per heavy atom. The Kier molecular flexibility index (Phi) is 5.40. The molecule has 4 rings (SSSR count). The third-order valence-corrected chi connectivity index (χ3v) is 4.88. The lowest BCUT2D eigenvalue weighted by Gasteiger charge is -2.07. The van der Waals surface area contributed by atoms with Gasteiger partial charge in [0.25, 0.3) is 0 Å². The van der Waals surface area contributed by atoms with E-state index in [-0.39, 0.29) is 12.3 Å². The Morgan fingerprint density at radius 2 is 1.83 bits per heavy atom. The van der Waals surface area contributed by atoms with Gasteiger partial charge in [-0.2, -0.15) is 0 Å². The van der Waals surface area contributed by atoms with Crippen LogP contribution in [0.25, 0.3) is 22.4 Å². The Morgan fingerprint density at radius 1 is 1.03 bits per heavy atom. The molecule has 0 saturated heterocycles. The number of aromatic nitrogens is 2. The monoisotopic (exact) mass is 403 g/mol. The van der Waals surface area contributed by atoms with Gasteiger partial charge in [-0.3, -0.25) is 15.1 Å². The van der Waals surface area contributed by atoms with E-state index in [1.54, 1.807) is 18.5 Å². The third kappa shape index (κ3) is 4.20. The molecule has 4 aromatic rings. The number of carbonyl (C=O) groups excluding carboxylic acids is 1. The fourth-order valence-corrected chi connectivity index (χ4v) is 3.34. The van der Waals surface area contributed by atoms with E-state index in [0.717, 1.165) is 22.3 Å². The molecule has 2 aromatic heterocycles. The van der Waals surface area contributed by atoms with Crippen LogP contribution in [0.5, 0.6) is 0 Å². The van der Waals surface area contributed by atoms with E-state index in [0.29, 0.717) is 22.2 Å². The molecule has 5 nitrogen and oxygen atoms in total. The highest BCUT2D eigenvalue weighted by Gasteiger charge is 2.21. The van der Waals surface area contributed by atoms with Crippen molar-refractivity contribution in [1.82, 2.24) is 10.1 Å². The van der Waals surface area contributed by atoms with Gasteiger partial charge in [0.1, 0.15) is 5.69 Å². The van der Waals surface area contributed by atoms with E-state index >= 15 is 0 Å². The first-order valence-electron chi connectivity index (χ1n) is 9.12. The van der Waals surface area contributed by atoms with Gasteiger partial charge in [0.2, 0.25) is 11.8 Å². The van der Waals surface area contributed by atoms with E-state index in [9.17, 15) is 4.79 Å². The van der Waals surface area contributed by atoms with Crippen LogP contribution in [-0.2, 0) is 11.2 Å². The fraction of sp³-hybridized carbons (Fsp3) is 0.0870. The number of hydrogen-bond donors (Lipinski definition) is 1. The molecule has 2 heterocycles. The van der Waals surface area contributed by atoms with Crippen LogP contribution in [0.15, 0.2) is 77.6 Å². The van der Waals surface area contributed by atoms with Crippen molar-refractivity contribution in [2.24, 2.45) is 0 Å². The number of amides is 1. The second kappa shape index (κ2) is 8.29. The Hall–Kier alpha value is -3.44. The lowest BCUT2D eigenvalue weighted by Crippen LogP contribution is -2.14. The smallest absolute Gasteiger partial charge is 0.239 e. The lowest BCUT2D eigenvalue weighted by molar-refractivity contribution is -0.115. The molecule has 0 atom stereocenters. The number of nitrogens with zero attached hydrogens (tertiary/aromatic N) is 2. The van der Waals surface area contributed by atoms with Crippen LogP contribution in [0.4, 0.5) is 5.88 Å². The summed E-state index contributed by atoms with van der Waals surface area (Å²) in [5, 5.41) is 7.64. The van der Waals surface area contributed by atoms with Gasteiger partial charge in [-0.1, -0.05) is 58.7 Å². The molecular weight excluding hydrogens is 386 g/mol.